The van der Waals surface area contributed by atoms with Crippen molar-refractivity contribution in [3.05, 3.63) is 63.7 Å². The lowest BCUT2D eigenvalue weighted by Gasteiger charge is -2.17. The first kappa shape index (κ1) is 14.5. The minimum absolute atomic E-state index is 0.247. The van der Waals surface area contributed by atoms with Crippen LogP contribution in [0.2, 0.25) is 0 Å². The molecule has 1 atom stereocenters. The summed E-state index contributed by atoms with van der Waals surface area (Å²) in [6.45, 7) is 3.05. The van der Waals surface area contributed by atoms with E-state index in [1.165, 1.54) is 14.7 Å². The maximum Gasteiger partial charge on any atom is 0.0892 e. The average Bonchev–Trinajstić information content (AvgIpc) is 2.93. The van der Waals surface area contributed by atoms with Crippen LogP contribution in [-0.2, 0) is 6.42 Å². The Bertz CT molecular complexity index is 720. The molecule has 0 aliphatic carbocycles. The van der Waals surface area contributed by atoms with Crippen LogP contribution in [0.4, 0.5) is 0 Å². The van der Waals surface area contributed by atoms with Crippen molar-refractivity contribution < 1.29 is 0 Å². The molecule has 4 nitrogen and oxygen atoms in total. The number of nitrogens with one attached hydrogen (secondary N) is 1. The van der Waals surface area contributed by atoms with Crippen LogP contribution in [0.3, 0.4) is 0 Å². The maximum atomic E-state index is 4.41. The number of nitrogens with zero attached hydrogens (tertiary/aromatic N) is 3. The minimum Gasteiger partial charge on any atom is -0.310 e. The van der Waals surface area contributed by atoms with Gasteiger partial charge in [-0.25, -0.2) is 4.52 Å². The average molecular weight is 392 g/mol. The second-order valence-corrected chi connectivity index (χ2v) is 6.19. The van der Waals surface area contributed by atoms with Crippen molar-refractivity contribution in [3.8, 4) is 0 Å². The molecule has 0 aliphatic rings. The Hall–Kier alpha value is -1.47. The predicted molar refractivity (Wildman–Crippen MR) is 92.3 cm³/mol. The van der Waals surface area contributed by atoms with Gasteiger partial charge in [0.1, 0.15) is 0 Å². The molecule has 0 saturated carbocycles. The van der Waals surface area contributed by atoms with Gasteiger partial charge in [0.05, 0.1) is 17.9 Å². The van der Waals surface area contributed by atoms with Gasteiger partial charge in [-0.15, -0.1) is 0 Å². The molecule has 21 heavy (non-hydrogen) atoms. The third-order valence-corrected chi connectivity index (χ3v) is 4.25. The molecule has 0 bridgehead atoms. The van der Waals surface area contributed by atoms with Crippen LogP contribution in [0.5, 0.6) is 0 Å². The van der Waals surface area contributed by atoms with Crippen molar-refractivity contribution in [2.45, 2.75) is 19.4 Å². The van der Waals surface area contributed by atoms with E-state index in [4.69, 9.17) is 0 Å². The third kappa shape index (κ3) is 3.24. The minimum atomic E-state index is 0.247. The van der Waals surface area contributed by atoms with Crippen LogP contribution >= 0.6 is 22.6 Å². The number of likely N-dealkylation sites (N-methyl/N-ethyl adjacent to an activating group) is 1. The highest BCUT2D eigenvalue weighted by Gasteiger charge is 2.16. The lowest BCUT2D eigenvalue weighted by Crippen LogP contribution is -2.22. The van der Waals surface area contributed by atoms with Crippen LogP contribution in [0.15, 0.2) is 49.1 Å². The zero-order valence-electron chi connectivity index (χ0n) is 11.8. The fourth-order valence-corrected chi connectivity index (χ4v) is 2.88. The van der Waals surface area contributed by atoms with Gasteiger partial charge in [0.25, 0.3) is 0 Å². The second kappa shape index (κ2) is 6.53. The molecule has 1 N–H and O–H groups in total. The van der Waals surface area contributed by atoms with E-state index in [2.05, 4.69) is 69.2 Å². The van der Waals surface area contributed by atoms with Gasteiger partial charge >= 0.3 is 0 Å². The first-order chi connectivity index (χ1) is 10.3. The Kier molecular flexibility index (Phi) is 4.50. The van der Waals surface area contributed by atoms with E-state index in [0.717, 1.165) is 18.5 Å². The lowest BCUT2D eigenvalue weighted by molar-refractivity contribution is 0.553. The second-order valence-electron chi connectivity index (χ2n) is 4.95. The Morgan fingerprint density at radius 2 is 2.05 bits per heavy atom. The van der Waals surface area contributed by atoms with Gasteiger partial charge in [-0.05, 0) is 53.3 Å². The van der Waals surface area contributed by atoms with Crippen molar-refractivity contribution in [2.75, 3.05) is 6.54 Å². The van der Waals surface area contributed by atoms with Gasteiger partial charge in [0.15, 0.2) is 0 Å². The molecule has 1 unspecified atom stereocenters. The van der Waals surface area contributed by atoms with Crippen LogP contribution in [0.25, 0.3) is 5.52 Å². The van der Waals surface area contributed by atoms with Crippen molar-refractivity contribution in [1.82, 2.24) is 19.9 Å². The molecule has 0 aliphatic heterocycles. The van der Waals surface area contributed by atoms with Crippen molar-refractivity contribution in [1.29, 1.82) is 0 Å². The summed E-state index contributed by atoms with van der Waals surface area (Å²) in [6, 6.07) is 8.93. The highest BCUT2D eigenvalue weighted by molar-refractivity contribution is 14.1. The van der Waals surface area contributed by atoms with Gasteiger partial charge in [0, 0.05) is 27.6 Å². The first-order valence-electron chi connectivity index (χ1n) is 7.03. The van der Waals surface area contributed by atoms with Crippen molar-refractivity contribution >= 4 is 28.1 Å². The Labute approximate surface area is 137 Å². The monoisotopic (exact) mass is 392 g/mol. The standard InChI is InChI=1S/C16H17IN4/c1-2-19-15(9-12-3-5-13(17)6-4-12)14-10-20-21-8-7-18-11-16(14)21/h3-8,10-11,15,19H,2,9H2,1H3. The first-order valence-corrected chi connectivity index (χ1v) is 8.11. The molecule has 2 heterocycles. The summed E-state index contributed by atoms with van der Waals surface area (Å²) < 4.78 is 3.14. The zero-order valence-corrected chi connectivity index (χ0v) is 14.0. The lowest BCUT2D eigenvalue weighted by atomic mass is 10.0. The summed E-state index contributed by atoms with van der Waals surface area (Å²) in [7, 11) is 0. The highest BCUT2D eigenvalue weighted by atomic mass is 127. The molecule has 2 aromatic heterocycles. The fourth-order valence-electron chi connectivity index (χ4n) is 2.52. The Morgan fingerprint density at radius 1 is 1.24 bits per heavy atom. The third-order valence-electron chi connectivity index (χ3n) is 3.53. The molecule has 0 saturated heterocycles. The molecule has 0 radical (unpaired) electrons. The zero-order chi connectivity index (χ0) is 14.7. The molecule has 0 spiro atoms. The molecule has 5 heteroatoms. The topological polar surface area (TPSA) is 42.2 Å². The number of rotatable bonds is 5. The highest BCUT2D eigenvalue weighted by Crippen LogP contribution is 2.22. The number of hydrogen-bond donors (Lipinski definition) is 1. The van der Waals surface area contributed by atoms with Crippen LogP contribution < -0.4 is 5.32 Å². The summed E-state index contributed by atoms with van der Waals surface area (Å²) >= 11 is 2.33. The number of benzene rings is 1. The van der Waals surface area contributed by atoms with E-state index >= 15 is 0 Å². The molecular weight excluding hydrogens is 375 g/mol. The number of aromatic nitrogens is 3. The molecular formula is C16H17IN4. The van der Waals surface area contributed by atoms with E-state index in [0.29, 0.717) is 0 Å². The molecule has 0 fully saturated rings. The number of halogens is 1. The summed E-state index contributed by atoms with van der Waals surface area (Å²) in [4.78, 5) is 4.22. The van der Waals surface area contributed by atoms with Gasteiger partial charge in [-0.3, -0.25) is 4.98 Å². The van der Waals surface area contributed by atoms with E-state index in [9.17, 15) is 0 Å². The predicted octanol–water partition coefficient (Wildman–Crippen LogP) is 3.23. The number of hydrogen-bond acceptors (Lipinski definition) is 3. The summed E-state index contributed by atoms with van der Waals surface area (Å²) in [5.74, 6) is 0. The normalized spacial score (nSPS) is 12.7. The van der Waals surface area contributed by atoms with Crippen LogP contribution in [-0.4, -0.2) is 21.1 Å². The van der Waals surface area contributed by atoms with E-state index in [-0.39, 0.29) is 6.04 Å². The van der Waals surface area contributed by atoms with E-state index < -0.39 is 0 Å². The molecule has 3 rings (SSSR count). The largest absolute Gasteiger partial charge is 0.310 e. The summed E-state index contributed by atoms with van der Waals surface area (Å²) in [6.07, 6.45) is 8.40. The fraction of sp³-hybridized carbons (Fsp3) is 0.250. The van der Waals surface area contributed by atoms with Crippen molar-refractivity contribution in [3.63, 3.8) is 0 Å². The maximum absolute atomic E-state index is 4.41. The van der Waals surface area contributed by atoms with Gasteiger partial charge in [-0.1, -0.05) is 19.1 Å². The van der Waals surface area contributed by atoms with Gasteiger partial charge in [0.2, 0.25) is 0 Å². The summed E-state index contributed by atoms with van der Waals surface area (Å²) in [5.41, 5.74) is 3.59. The number of fused-ring (bicyclic) bond motifs is 1. The van der Waals surface area contributed by atoms with Crippen LogP contribution in [0, 0.1) is 3.57 Å². The Balaban J connectivity index is 1.92. The van der Waals surface area contributed by atoms with Gasteiger partial charge in [-0.2, -0.15) is 5.10 Å². The smallest absolute Gasteiger partial charge is 0.0892 e. The molecule has 108 valence electrons. The van der Waals surface area contributed by atoms with E-state index in [1.54, 1.807) is 6.20 Å². The molecule has 3 aromatic rings. The van der Waals surface area contributed by atoms with Crippen LogP contribution in [0.1, 0.15) is 24.1 Å². The van der Waals surface area contributed by atoms with Crippen molar-refractivity contribution in [2.24, 2.45) is 0 Å². The SMILES string of the molecule is CCNC(Cc1ccc(I)cc1)c1cnn2ccncc12. The molecule has 1 aromatic carbocycles. The van der Waals surface area contributed by atoms with Gasteiger partial charge < -0.3 is 5.32 Å². The van der Waals surface area contributed by atoms with E-state index in [1.807, 2.05) is 23.1 Å². The molecule has 0 amide bonds. The Morgan fingerprint density at radius 3 is 2.81 bits per heavy atom. The quantitative estimate of drug-likeness (QED) is 0.678. The summed E-state index contributed by atoms with van der Waals surface area (Å²) in [5, 5.41) is 7.97.